The van der Waals surface area contributed by atoms with Crippen molar-refractivity contribution in [3.8, 4) is 0 Å². The molecule has 0 unspecified atom stereocenters. The molecule has 0 aromatic heterocycles. The zero-order valence-corrected chi connectivity index (χ0v) is 7.02. The van der Waals surface area contributed by atoms with Gasteiger partial charge < -0.3 is 5.11 Å². The summed E-state index contributed by atoms with van der Waals surface area (Å²) in [4.78, 5) is 0. The Morgan fingerprint density at radius 3 is 1.40 bits per heavy atom. The Balaban J connectivity index is 3.33. The summed E-state index contributed by atoms with van der Waals surface area (Å²) in [6, 6.07) is 3.11. The van der Waals surface area contributed by atoms with Crippen molar-refractivity contribution in [3.05, 3.63) is 29.8 Å². The van der Waals surface area contributed by atoms with Crippen LogP contribution in [0.15, 0.2) is 24.3 Å². The van der Waals surface area contributed by atoms with Gasteiger partial charge in [0.1, 0.15) is 0 Å². The van der Waals surface area contributed by atoms with Crippen LogP contribution >= 0.6 is 0 Å². The predicted octanol–water partition coefficient (Wildman–Crippen LogP) is 2.72. The molecule has 1 nitrogen and oxygen atoms in total. The fourth-order valence-corrected chi connectivity index (χ4v) is 1.10. The molecule has 0 aliphatic heterocycles. The standard InChI is InChI=1S/C8H5F6O/c9-7(10,11)6(15,8(12,13)14)5-3-1-2-4-5/h1-4,15H/q-1. The molecular weight excluding hydrogens is 226 g/mol. The molecule has 15 heavy (non-hydrogen) atoms. The summed E-state index contributed by atoms with van der Waals surface area (Å²) in [7, 11) is 0. The Morgan fingerprint density at radius 2 is 1.13 bits per heavy atom. The SMILES string of the molecule is OC([c-]1cccc1)(C(F)(F)F)C(F)(F)F. The summed E-state index contributed by atoms with van der Waals surface area (Å²) in [5, 5.41) is 8.79. The fraction of sp³-hybridized carbons (Fsp3) is 0.375. The molecule has 0 aliphatic rings. The minimum atomic E-state index is -5.81. The van der Waals surface area contributed by atoms with Gasteiger partial charge in [-0.15, -0.1) is 5.56 Å². The maximum absolute atomic E-state index is 12.2. The summed E-state index contributed by atoms with van der Waals surface area (Å²) in [5.74, 6) is 0. The van der Waals surface area contributed by atoms with Gasteiger partial charge in [0.05, 0.1) is 0 Å². The van der Waals surface area contributed by atoms with Crippen LogP contribution in [0.1, 0.15) is 5.56 Å². The van der Waals surface area contributed by atoms with Gasteiger partial charge in [-0.25, -0.2) is 12.1 Å². The number of aliphatic hydroxyl groups is 1. The van der Waals surface area contributed by atoms with E-state index in [-0.39, 0.29) is 0 Å². The van der Waals surface area contributed by atoms with Gasteiger partial charge in [-0.05, 0) is 0 Å². The molecule has 0 spiro atoms. The Hall–Kier alpha value is -1.11. The summed E-state index contributed by atoms with van der Waals surface area (Å²) < 4.78 is 73.2. The van der Waals surface area contributed by atoms with Crippen LogP contribution in [0.4, 0.5) is 26.3 Å². The molecule has 0 atom stereocenters. The number of hydrogen-bond acceptors (Lipinski definition) is 1. The largest absolute Gasteiger partial charge is 0.419 e. The molecule has 0 aliphatic carbocycles. The van der Waals surface area contributed by atoms with Crippen LogP contribution in [0.25, 0.3) is 0 Å². The average molecular weight is 231 g/mol. The molecule has 0 amide bonds. The van der Waals surface area contributed by atoms with E-state index < -0.39 is 23.5 Å². The molecule has 0 heterocycles. The van der Waals surface area contributed by atoms with Crippen LogP contribution < -0.4 is 0 Å². The second kappa shape index (κ2) is 3.19. The lowest BCUT2D eigenvalue weighted by atomic mass is 9.95. The van der Waals surface area contributed by atoms with Crippen molar-refractivity contribution >= 4 is 0 Å². The first-order valence-corrected chi connectivity index (χ1v) is 3.68. The Morgan fingerprint density at radius 1 is 0.800 bits per heavy atom. The lowest BCUT2D eigenvalue weighted by molar-refractivity contribution is -0.376. The summed E-state index contributed by atoms with van der Waals surface area (Å²) in [6.45, 7) is 0. The molecule has 1 aromatic carbocycles. The van der Waals surface area contributed by atoms with E-state index in [2.05, 4.69) is 0 Å². The van der Waals surface area contributed by atoms with Gasteiger partial charge in [-0.3, -0.25) is 0 Å². The van der Waals surface area contributed by atoms with Crippen LogP contribution in [0.2, 0.25) is 0 Å². The monoisotopic (exact) mass is 231 g/mol. The van der Waals surface area contributed by atoms with Crippen molar-refractivity contribution in [2.45, 2.75) is 18.0 Å². The van der Waals surface area contributed by atoms with Gasteiger partial charge in [0.15, 0.2) is 0 Å². The third-order valence-corrected chi connectivity index (χ3v) is 1.90. The zero-order chi connectivity index (χ0) is 11.9. The van der Waals surface area contributed by atoms with E-state index in [4.69, 9.17) is 5.11 Å². The molecule has 1 N–H and O–H groups in total. The van der Waals surface area contributed by atoms with Crippen LogP contribution in [0.3, 0.4) is 0 Å². The van der Waals surface area contributed by atoms with Crippen molar-refractivity contribution in [2.24, 2.45) is 0 Å². The highest BCUT2D eigenvalue weighted by Gasteiger charge is 2.68. The maximum Gasteiger partial charge on any atom is 0.419 e. The Bertz CT molecular complexity index is 306. The van der Waals surface area contributed by atoms with E-state index in [1.165, 1.54) is 0 Å². The first kappa shape index (κ1) is 12.0. The predicted molar refractivity (Wildman–Crippen MR) is 38.0 cm³/mol. The molecule has 86 valence electrons. The first-order valence-electron chi connectivity index (χ1n) is 3.68. The Kier molecular flexibility index (Phi) is 2.55. The third kappa shape index (κ3) is 1.71. The minimum Gasteiger partial charge on any atom is -0.381 e. The lowest BCUT2D eigenvalue weighted by Crippen LogP contribution is -2.53. The van der Waals surface area contributed by atoms with Gasteiger partial charge in [-0.2, -0.15) is 38.5 Å². The highest BCUT2D eigenvalue weighted by atomic mass is 19.4. The number of hydrogen-bond donors (Lipinski definition) is 1. The van der Waals surface area contributed by atoms with Crippen LogP contribution in [-0.2, 0) is 5.60 Å². The highest BCUT2D eigenvalue weighted by Crippen LogP contribution is 2.49. The van der Waals surface area contributed by atoms with E-state index in [1.807, 2.05) is 0 Å². The van der Waals surface area contributed by atoms with E-state index in [1.54, 1.807) is 0 Å². The second-order valence-electron chi connectivity index (χ2n) is 2.88. The van der Waals surface area contributed by atoms with Crippen molar-refractivity contribution < 1.29 is 31.4 Å². The van der Waals surface area contributed by atoms with E-state index in [9.17, 15) is 26.3 Å². The minimum absolute atomic E-state index is 0.570. The van der Waals surface area contributed by atoms with Gasteiger partial charge >= 0.3 is 12.4 Å². The molecule has 0 saturated carbocycles. The van der Waals surface area contributed by atoms with Crippen LogP contribution in [0, 0.1) is 0 Å². The molecular formula is C8H5F6O-. The summed E-state index contributed by atoms with van der Waals surface area (Å²) >= 11 is 0. The summed E-state index contributed by atoms with van der Waals surface area (Å²) in [6.07, 6.45) is -11.6. The van der Waals surface area contributed by atoms with Crippen molar-refractivity contribution in [2.75, 3.05) is 0 Å². The summed E-state index contributed by atoms with van der Waals surface area (Å²) in [5.41, 5.74) is -6.04. The van der Waals surface area contributed by atoms with E-state index in [0.717, 1.165) is 12.1 Å². The van der Waals surface area contributed by atoms with E-state index >= 15 is 0 Å². The van der Waals surface area contributed by atoms with Crippen LogP contribution in [-0.4, -0.2) is 17.5 Å². The lowest BCUT2D eigenvalue weighted by Gasteiger charge is -2.35. The molecule has 1 rings (SSSR count). The number of alkyl halides is 6. The van der Waals surface area contributed by atoms with Crippen molar-refractivity contribution in [1.82, 2.24) is 0 Å². The third-order valence-electron chi connectivity index (χ3n) is 1.90. The normalized spacial score (nSPS) is 14.3. The van der Waals surface area contributed by atoms with Gasteiger partial charge in [0, 0.05) is 0 Å². The second-order valence-corrected chi connectivity index (χ2v) is 2.88. The zero-order valence-electron chi connectivity index (χ0n) is 7.02. The molecule has 7 heteroatoms. The fourth-order valence-electron chi connectivity index (χ4n) is 1.10. The maximum atomic E-state index is 12.2. The molecule has 0 bridgehead atoms. The number of rotatable bonds is 1. The molecule has 0 saturated heterocycles. The van der Waals surface area contributed by atoms with Gasteiger partial charge in [0.2, 0.25) is 5.60 Å². The first-order chi connectivity index (χ1) is 6.61. The quantitative estimate of drug-likeness (QED) is 0.582. The van der Waals surface area contributed by atoms with Crippen molar-refractivity contribution in [1.29, 1.82) is 0 Å². The molecule has 1 aromatic rings. The molecule has 0 fully saturated rings. The van der Waals surface area contributed by atoms with Gasteiger partial charge in [-0.1, -0.05) is 0 Å². The van der Waals surface area contributed by atoms with Crippen molar-refractivity contribution in [3.63, 3.8) is 0 Å². The van der Waals surface area contributed by atoms with Gasteiger partial charge in [0.25, 0.3) is 0 Å². The topological polar surface area (TPSA) is 20.2 Å². The Labute approximate surface area is 80.3 Å². The van der Waals surface area contributed by atoms with Crippen LogP contribution in [0.5, 0.6) is 0 Å². The molecule has 0 radical (unpaired) electrons. The number of halogens is 6. The highest BCUT2D eigenvalue weighted by molar-refractivity contribution is 5.27. The smallest absolute Gasteiger partial charge is 0.381 e. The van der Waals surface area contributed by atoms with E-state index in [0.29, 0.717) is 12.1 Å². The average Bonchev–Trinajstić information content (AvgIpc) is 2.49.